The second kappa shape index (κ2) is 6.58. The van der Waals surface area contributed by atoms with Gasteiger partial charge in [-0.25, -0.2) is 0 Å². The molecule has 1 spiro atoms. The molecule has 0 aromatic carbocycles. The van der Waals surface area contributed by atoms with Gasteiger partial charge in [-0.1, -0.05) is 26.2 Å². The van der Waals surface area contributed by atoms with Gasteiger partial charge in [-0.3, -0.25) is 0 Å². The van der Waals surface area contributed by atoms with E-state index in [9.17, 15) is 0 Å². The summed E-state index contributed by atoms with van der Waals surface area (Å²) in [5.41, 5.74) is 6.93. The van der Waals surface area contributed by atoms with Crippen molar-refractivity contribution in [1.82, 2.24) is 0 Å². The number of ether oxygens (including phenoxy) is 1. The van der Waals surface area contributed by atoms with E-state index in [1.165, 1.54) is 62.9 Å². The van der Waals surface area contributed by atoms with Crippen LogP contribution in [-0.2, 0) is 4.74 Å². The molecular formula is C17H31NOS. The van der Waals surface area contributed by atoms with Gasteiger partial charge < -0.3 is 10.5 Å². The average molecular weight is 298 g/mol. The summed E-state index contributed by atoms with van der Waals surface area (Å²) in [7, 11) is 0. The molecule has 0 aromatic rings. The lowest BCUT2D eigenvalue weighted by Crippen LogP contribution is -2.48. The van der Waals surface area contributed by atoms with E-state index in [-0.39, 0.29) is 5.60 Å². The van der Waals surface area contributed by atoms with Crippen LogP contribution in [0.2, 0.25) is 0 Å². The Morgan fingerprint density at radius 1 is 1.30 bits per heavy atom. The van der Waals surface area contributed by atoms with Crippen LogP contribution in [0, 0.1) is 17.8 Å². The standard InChI is InChI=1S/C17H31NOS/c1-2-13-4-3-5-14(10-13)16(18)15-6-8-19-17(11-15)7-9-20-12-17/h13-16H,2-12,18H2,1H3. The molecule has 5 atom stereocenters. The smallest absolute Gasteiger partial charge is 0.0783 e. The summed E-state index contributed by atoms with van der Waals surface area (Å²) in [6.07, 6.45) is 10.6. The summed E-state index contributed by atoms with van der Waals surface area (Å²) < 4.78 is 6.16. The molecule has 5 unspecified atom stereocenters. The van der Waals surface area contributed by atoms with Crippen LogP contribution in [0.5, 0.6) is 0 Å². The van der Waals surface area contributed by atoms with Crippen LogP contribution in [0.25, 0.3) is 0 Å². The molecule has 1 aliphatic carbocycles. The van der Waals surface area contributed by atoms with Crippen molar-refractivity contribution in [2.45, 2.75) is 69.9 Å². The first-order chi connectivity index (χ1) is 9.72. The largest absolute Gasteiger partial charge is 0.374 e. The Hall–Kier alpha value is 0.270. The maximum Gasteiger partial charge on any atom is 0.0783 e. The van der Waals surface area contributed by atoms with Gasteiger partial charge >= 0.3 is 0 Å². The van der Waals surface area contributed by atoms with E-state index in [0.29, 0.717) is 12.0 Å². The van der Waals surface area contributed by atoms with Gasteiger partial charge in [0.2, 0.25) is 0 Å². The van der Waals surface area contributed by atoms with Crippen LogP contribution in [0.1, 0.15) is 58.3 Å². The quantitative estimate of drug-likeness (QED) is 0.860. The first-order valence-electron chi connectivity index (χ1n) is 8.70. The fourth-order valence-corrected chi connectivity index (χ4v) is 6.07. The molecule has 1 saturated carbocycles. The van der Waals surface area contributed by atoms with Crippen LogP contribution in [-0.4, -0.2) is 29.8 Å². The van der Waals surface area contributed by atoms with Crippen molar-refractivity contribution in [2.75, 3.05) is 18.1 Å². The third-order valence-electron chi connectivity index (χ3n) is 6.09. The van der Waals surface area contributed by atoms with E-state index in [1.807, 2.05) is 0 Å². The molecule has 116 valence electrons. The Bertz CT molecular complexity index is 316. The molecule has 20 heavy (non-hydrogen) atoms. The van der Waals surface area contributed by atoms with Gasteiger partial charge in [0.15, 0.2) is 0 Å². The molecule has 2 aliphatic heterocycles. The van der Waals surface area contributed by atoms with Gasteiger partial charge in [-0.15, -0.1) is 0 Å². The zero-order chi connectivity index (χ0) is 14.0. The zero-order valence-corrected chi connectivity index (χ0v) is 13.8. The molecule has 3 fully saturated rings. The summed E-state index contributed by atoms with van der Waals surface area (Å²) in [4.78, 5) is 0. The topological polar surface area (TPSA) is 35.2 Å². The first kappa shape index (κ1) is 15.2. The molecule has 2 nitrogen and oxygen atoms in total. The molecule has 2 heterocycles. The SMILES string of the molecule is CCC1CCCC(C(N)C2CCOC3(CCSC3)C2)C1. The monoisotopic (exact) mass is 297 g/mol. The zero-order valence-electron chi connectivity index (χ0n) is 13.0. The second-order valence-corrected chi connectivity index (χ2v) is 8.47. The molecule has 0 aromatic heterocycles. The first-order valence-corrected chi connectivity index (χ1v) is 9.85. The number of thioether (sulfide) groups is 1. The molecule has 3 rings (SSSR count). The highest BCUT2D eigenvalue weighted by Crippen LogP contribution is 2.43. The molecule has 3 heteroatoms. The van der Waals surface area contributed by atoms with Crippen molar-refractivity contribution in [1.29, 1.82) is 0 Å². The Morgan fingerprint density at radius 3 is 2.95 bits per heavy atom. The van der Waals surface area contributed by atoms with Gasteiger partial charge in [-0.2, -0.15) is 11.8 Å². The van der Waals surface area contributed by atoms with Crippen molar-refractivity contribution in [2.24, 2.45) is 23.5 Å². The third kappa shape index (κ3) is 3.20. The summed E-state index contributed by atoms with van der Waals surface area (Å²) in [5, 5.41) is 0. The van der Waals surface area contributed by atoms with E-state index in [2.05, 4.69) is 18.7 Å². The minimum Gasteiger partial charge on any atom is -0.374 e. The van der Waals surface area contributed by atoms with Gasteiger partial charge in [0.25, 0.3) is 0 Å². The fourth-order valence-electron chi connectivity index (χ4n) is 4.70. The van der Waals surface area contributed by atoms with E-state index in [0.717, 1.165) is 18.4 Å². The van der Waals surface area contributed by atoms with Gasteiger partial charge in [0, 0.05) is 18.4 Å². The lowest BCUT2D eigenvalue weighted by Gasteiger charge is -2.43. The van der Waals surface area contributed by atoms with Crippen molar-refractivity contribution < 1.29 is 4.74 Å². The van der Waals surface area contributed by atoms with Crippen LogP contribution >= 0.6 is 11.8 Å². The normalized spacial score (nSPS) is 43.8. The van der Waals surface area contributed by atoms with Gasteiger partial charge in [-0.05, 0) is 55.6 Å². The van der Waals surface area contributed by atoms with Crippen LogP contribution in [0.15, 0.2) is 0 Å². The molecule has 0 bridgehead atoms. The maximum absolute atomic E-state index is 6.73. The summed E-state index contributed by atoms with van der Waals surface area (Å²) in [6, 6.07) is 0.427. The Balaban J connectivity index is 1.59. The van der Waals surface area contributed by atoms with E-state index < -0.39 is 0 Å². The molecular weight excluding hydrogens is 266 g/mol. The predicted molar refractivity (Wildman–Crippen MR) is 87.1 cm³/mol. The van der Waals surface area contributed by atoms with Gasteiger partial charge in [0.05, 0.1) is 5.60 Å². The van der Waals surface area contributed by atoms with Crippen LogP contribution in [0.4, 0.5) is 0 Å². The number of hydrogen-bond acceptors (Lipinski definition) is 3. The number of nitrogens with two attached hydrogens (primary N) is 1. The Morgan fingerprint density at radius 2 is 2.20 bits per heavy atom. The Kier molecular flexibility index (Phi) is 4.99. The summed E-state index contributed by atoms with van der Waals surface area (Å²) in [5.74, 6) is 4.92. The highest BCUT2D eigenvalue weighted by Gasteiger charge is 2.43. The minimum absolute atomic E-state index is 0.198. The van der Waals surface area contributed by atoms with Crippen molar-refractivity contribution >= 4 is 11.8 Å². The maximum atomic E-state index is 6.73. The average Bonchev–Trinajstić information content (AvgIpc) is 2.94. The lowest BCUT2D eigenvalue weighted by molar-refractivity contribution is -0.0872. The predicted octanol–water partition coefficient (Wildman–Crippen LogP) is 3.83. The lowest BCUT2D eigenvalue weighted by atomic mass is 9.70. The number of rotatable bonds is 3. The van der Waals surface area contributed by atoms with Crippen molar-refractivity contribution in [3.63, 3.8) is 0 Å². The van der Waals surface area contributed by atoms with Crippen molar-refractivity contribution in [3.8, 4) is 0 Å². The second-order valence-electron chi connectivity index (χ2n) is 7.37. The third-order valence-corrected chi connectivity index (χ3v) is 7.31. The van der Waals surface area contributed by atoms with E-state index in [1.54, 1.807) is 0 Å². The number of hydrogen-bond donors (Lipinski definition) is 1. The highest BCUT2D eigenvalue weighted by atomic mass is 32.2. The van der Waals surface area contributed by atoms with Gasteiger partial charge in [0.1, 0.15) is 0 Å². The molecule has 0 amide bonds. The fraction of sp³-hybridized carbons (Fsp3) is 1.00. The van der Waals surface area contributed by atoms with E-state index in [4.69, 9.17) is 10.5 Å². The highest BCUT2D eigenvalue weighted by molar-refractivity contribution is 7.99. The molecule has 0 radical (unpaired) electrons. The minimum atomic E-state index is 0.198. The summed E-state index contributed by atoms with van der Waals surface area (Å²) in [6.45, 7) is 3.29. The van der Waals surface area contributed by atoms with Crippen molar-refractivity contribution in [3.05, 3.63) is 0 Å². The molecule has 3 aliphatic rings. The van der Waals surface area contributed by atoms with E-state index >= 15 is 0 Å². The van der Waals surface area contributed by atoms with Crippen LogP contribution in [0.3, 0.4) is 0 Å². The summed E-state index contributed by atoms with van der Waals surface area (Å²) >= 11 is 2.07. The molecule has 2 saturated heterocycles. The van der Waals surface area contributed by atoms with Crippen LogP contribution < -0.4 is 5.73 Å². The Labute approximate surface area is 128 Å². The molecule has 2 N–H and O–H groups in total.